The zero-order valence-corrected chi connectivity index (χ0v) is 12.8. The molecule has 0 saturated heterocycles. The Morgan fingerprint density at radius 3 is 2.78 bits per heavy atom. The van der Waals surface area contributed by atoms with E-state index in [1.165, 1.54) is 5.75 Å². The van der Waals surface area contributed by atoms with Gasteiger partial charge in [0.2, 0.25) is 5.95 Å². The molecule has 0 aromatic carbocycles. The Hall–Kier alpha value is -0.810. The zero-order chi connectivity index (χ0) is 13.5. The van der Waals surface area contributed by atoms with E-state index in [2.05, 4.69) is 40.4 Å². The molecule has 0 fully saturated rings. The third-order valence-corrected chi connectivity index (χ3v) is 3.80. The van der Waals surface area contributed by atoms with Gasteiger partial charge in [-0.25, -0.2) is 9.97 Å². The molecule has 0 aliphatic heterocycles. The summed E-state index contributed by atoms with van der Waals surface area (Å²) in [4.78, 5) is 11.2. The highest BCUT2D eigenvalue weighted by molar-refractivity contribution is 7.98. The average Bonchev–Trinajstić information content (AvgIpc) is 2.37. The first-order valence-corrected chi connectivity index (χ1v) is 7.68. The lowest BCUT2D eigenvalue weighted by Crippen LogP contribution is -2.31. The molecule has 0 saturated carbocycles. The minimum absolute atomic E-state index is 0.465. The fourth-order valence-electron chi connectivity index (χ4n) is 1.69. The second-order valence-corrected chi connectivity index (χ2v) is 5.54. The lowest BCUT2D eigenvalue weighted by Gasteiger charge is -2.25. The van der Waals surface area contributed by atoms with Crippen molar-refractivity contribution >= 4 is 17.7 Å². The summed E-state index contributed by atoms with van der Waals surface area (Å²) in [5, 5.41) is 3.13. The zero-order valence-electron chi connectivity index (χ0n) is 12.0. The van der Waals surface area contributed by atoms with E-state index in [9.17, 15) is 0 Å². The molecule has 18 heavy (non-hydrogen) atoms. The first kappa shape index (κ1) is 15.2. The predicted octanol–water partition coefficient (Wildman–Crippen LogP) is 2.08. The van der Waals surface area contributed by atoms with Crippen molar-refractivity contribution in [1.82, 2.24) is 15.3 Å². The van der Waals surface area contributed by atoms with Crippen LogP contribution in [0.4, 0.5) is 5.95 Å². The fourth-order valence-corrected chi connectivity index (χ4v) is 2.27. The minimum Gasteiger partial charge on any atom is -0.341 e. The summed E-state index contributed by atoms with van der Waals surface area (Å²) in [6.45, 7) is 5.08. The Bertz CT molecular complexity index is 370. The second-order valence-electron chi connectivity index (χ2n) is 4.55. The average molecular weight is 268 g/mol. The number of thioether (sulfide) groups is 1. The quantitative estimate of drug-likeness (QED) is 0.820. The number of aromatic nitrogens is 2. The van der Waals surface area contributed by atoms with Gasteiger partial charge < -0.3 is 10.2 Å². The molecule has 1 unspecified atom stereocenters. The van der Waals surface area contributed by atoms with E-state index in [-0.39, 0.29) is 0 Å². The highest BCUT2D eigenvalue weighted by atomic mass is 32.2. The molecule has 102 valence electrons. The van der Waals surface area contributed by atoms with Crippen LogP contribution in [0.5, 0.6) is 0 Å². The number of hydrogen-bond acceptors (Lipinski definition) is 5. The van der Waals surface area contributed by atoms with Crippen molar-refractivity contribution in [3.63, 3.8) is 0 Å². The van der Waals surface area contributed by atoms with Crippen molar-refractivity contribution in [1.29, 1.82) is 0 Å². The van der Waals surface area contributed by atoms with E-state index in [0.717, 1.165) is 30.2 Å². The second kappa shape index (κ2) is 7.59. The van der Waals surface area contributed by atoms with Crippen LogP contribution in [0.1, 0.15) is 24.6 Å². The Labute approximate surface area is 115 Å². The topological polar surface area (TPSA) is 41.1 Å². The molecular formula is C13H24N4S. The molecule has 0 spiro atoms. The summed E-state index contributed by atoms with van der Waals surface area (Å²) in [7, 11) is 4.00. The van der Waals surface area contributed by atoms with Crippen molar-refractivity contribution in [3.05, 3.63) is 17.5 Å². The smallest absolute Gasteiger partial charge is 0.225 e. The number of hydrogen-bond donors (Lipinski definition) is 1. The van der Waals surface area contributed by atoms with Gasteiger partial charge >= 0.3 is 0 Å². The molecule has 0 radical (unpaired) electrons. The largest absolute Gasteiger partial charge is 0.341 e. The fraction of sp³-hybridized carbons (Fsp3) is 0.692. The summed E-state index contributed by atoms with van der Waals surface area (Å²) >= 11 is 1.88. The van der Waals surface area contributed by atoms with Crippen LogP contribution in [0.15, 0.2) is 6.20 Å². The maximum Gasteiger partial charge on any atom is 0.225 e. The number of nitrogens with zero attached hydrogens (tertiary/aromatic N) is 3. The van der Waals surface area contributed by atoms with Crippen LogP contribution >= 0.6 is 11.8 Å². The van der Waals surface area contributed by atoms with E-state index >= 15 is 0 Å². The predicted molar refractivity (Wildman–Crippen MR) is 80.4 cm³/mol. The van der Waals surface area contributed by atoms with Crippen molar-refractivity contribution < 1.29 is 0 Å². The van der Waals surface area contributed by atoms with Crippen LogP contribution in [0.3, 0.4) is 0 Å². The molecule has 1 aromatic heterocycles. The normalized spacial score (nSPS) is 12.5. The molecule has 5 heteroatoms. The summed E-state index contributed by atoms with van der Waals surface area (Å²) in [5.74, 6) is 1.99. The molecular weight excluding hydrogens is 244 g/mol. The van der Waals surface area contributed by atoms with Gasteiger partial charge in [0.25, 0.3) is 0 Å². The molecule has 1 heterocycles. The number of nitrogens with one attached hydrogen (secondary N) is 1. The summed E-state index contributed by atoms with van der Waals surface area (Å²) < 4.78 is 0. The number of aryl methyl sites for hydroxylation is 1. The summed E-state index contributed by atoms with van der Waals surface area (Å²) in [5.41, 5.74) is 2.21. The van der Waals surface area contributed by atoms with Crippen LogP contribution < -0.4 is 10.2 Å². The highest BCUT2D eigenvalue weighted by Crippen LogP contribution is 2.14. The van der Waals surface area contributed by atoms with Gasteiger partial charge in [0, 0.05) is 37.1 Å². The molecule has 1 aromatic rings. The van der Waals surface area contributed by atoms with Gasteiger partial charge in [-0.15, -0.1) is 0 Å². The van der Waals surface area contributed by atoms with Crippen LogP contribution in [-0.2, 0) is 6.54 Å². The number of rotatable bonds is 7. The van der Waals surface area contributed by atoms with Gasteiger partial charge in [0.15, 0.2) is 0 Å². The maximum atomic E-state index is 4.59. The van der Waals surface area contributed by atoms with Crippen LogP contribution in [0.2, 0.25) is 0 Å². The molecule has 1 atom stereocenters. The lowest BCUT2D eigenvalue weighted by molar-refractivity contribution is 0.650. The third-order valence-electron chi connectivity index (χ3n) is 3.15. The van der Waals surface area contributed by atoms with E-state index in [1.54, 1.807) is 0 Å². The van der Waals surface area contributed by atoms with Gasteiger partial charge in [0.1, 0.15) is 0 Å². The van der Waals surface area contributed by atoms with Gasteiger partial charge in [-0.3, -0.25) is 0 Å². The Morgan fingerprint density at radius 1 is 1.50 bits per heavy atom. The molecule has 1 rings (SSSR count). The summed E-state index contributed by atoms with van der Waals surface area (Å²) in [6.07, 6.45) is 5.21. The number of anilines is 1. The van der Waals surface area contributed by atoms with E-state index < -0.39 is 0 Å². The van der Waals surface area contributed by atoms with Crippen LogP contribution in [-0.4, -0.2) is 42.1 Å². The minimum atomic E-state index is 0.465. The van der Waals surface area contributed by atoms with Gasteiger partial charge in [-0.2, -0.15) is 11.8 Å². The molecule has 1 N–H and O–H groups in total. The van der Waals surface area contributed by atoms with Crippen LogP contribution in [0, 0.1) is 6.92 Å². The van der Waals surface area contributed by atoms with E-state index in [1.807, 2.05) is 31.9 Å². The monoisotopic (exact) mass is 268 g/mol. The van der Waals surface area contributed by atoms with E-state index in [4.69, 9.17) is 0 Å². The van der Waals surface area contributed by atoms with Crippen molar-refractivity contribution in [2.45, 2.75) is 32.9 Å². The van der Waals surface area contributed by atoms with Gasteiger partial charge in [-0.1, -0.05) is 0 Å². The van der Waals surface area contributed by atoms with Crippen LogP contribution in [0.25, 0.3) is 0 Å². The standard InChI is InChI=1S/C13H24N4S/c1-10(6-7-18-5)17(4)13-15-9-12(8-14-3)11(2)16-13/h9-10,14H,6-8H2,1-5H3. The SMILES string of the molecule is CNCc1cnc(N(C)C(C)CCSC)nc1C. The van der Waals surface area contributed by atoms with Crippen molar-refractivity contribution in [3.8, 4) is 0 Å². The molecule has 0 bridgehead atoms. The van der Waals surface area contributed by atoms with Gasteiger partial charge in [-0.05, 0) is 39.3 Å². The summed E-state index contributed by atoms with van der Waals surface area (Å²) in [6, 6.07) is 0.465. The Morgan fingerprint density at radius 2 is 2.22 bits per heavy atom. The molecule has 0 aliphatic carbocycles. The Kier molecular flexibility index (Phi) is 6.43. The molecule has 0 aliphatic rings. The van der Waals surface area contributed by atoms with Crippen molar-refractivity contribution in [2.75, 3.05) is 31.0 Å². The van der Waals surface area contributed by atoms with E-state index in [0.29, 0.717) is 6.04 Å². The lowest BCUT2D eigenvalue weighted by atomic mass is 10.2. The van der Waals surface area contributed by atoms with Gasteiger partial charge in [0.05, 0.1) is 0 Å². The Balaban J connectivity index is 2.74. The highest BCUT2D eigenvalue weighted by Gasteiger charge is 2.13. The van der Waals surface area contributed by atoms with Crippen molar-refractivity contribution in [2.24, 2.45) is 0 Å². The first-order valence-electron chi connectivity index (χ1n) is 6.29. The first-order chi connectivity index (χ1) is 8.60. The molecule has 0 amide bonds. The third kappa shape index (κ3) is 4.14. The maximum absolute atomic E-state index is 4.59. The molecule has 4 nitrogen and oxygen atoms in total.